The summed E-state index contributed by atoms with van der Waals surface area (Å²) >= 11 is 0. The highest BCUT2D eigenvalue weighted by Gasteiger charge is 2.31. The highest BCUT2D eigenvalue weighted by molar-refractivity contribution is 5.89. The molecule has 0 saturated carbocycles. The van der Waals surface area contributed by atoms with Gasteiger partial charge in [0.15, 0.2) is 0 Å². The van der Waals surface area contributed by atoms with Crippen LogP contribution < -0.4 is 15.0 Å². The summed E-state index contributed by atoms with van der Waals surface area (Å²) in [5, 5.41) is 2.64. The Labute approximate surface area is 149 Å². The minimum absolute atomic E-state index is 0.0253. The molecular weight excluding hydrogens is 351 g/mol. The Bertz CT molecular complexity index is 677. The average molecular weight is 373 g/mol. The maximum Gasteiger partial charge on any atom is 0.573 e. The molecule has 1 atom stereocenters. The van der Waals surface area contributed by atoms with E-state index in [0.717, 1.165) is 0 Å². The van der Waals surface area contributed by atoms with Crippen molar-refractivity contribution < 1.29 is 27.5 Å². The Morgan fingerprint density at radius 2 is 2.04 bits per heavy atom. The molecule has 1 aliphatic rings. The monoisotopic (exact) mass is 373 g/mol. The minimum Gasteiger partial charge on any atom is -0.406 e. The Kier molecular flexibility index (Phi) is 5.99. The van der Waals surface area contributed by atoms with Gasteiger partial charge in [-0.25, -0.2) is 0 Å². The Balaban J connectivity index is 2.05. The second-order valence-electron chi connectivity index (χ2n) is 6.39. The van der Waals surface area contributed by atoms with E-state index in [1.807, 2.05) is 0 Å². The molecule has 0 saturated heterocycles. The van der Waals surface area contributed by atoms with Crippen molar-refractivity contribution in [2.75, 3.05) is 32.1 Å². The normalized spacial score (nSPS) is 15.1. The van der Waals surface area contributed by atoms with Crippen molar-refractivity contribution in [1.82, 2.24) is 10.2 Å². The highest BCUT2D eigenvalue weighted by Crippen LogP contribution is 2.32. The zero-order chi connectivity index (χ0) is 19.5. The molecule has 1 aliphatic heterocycles. The maximum atomic E-state index is 12.3. The maximum absolute atomic E-state index is 12.3. The van der Waals surface area contributed by atoms with Crippen LogP contribution in [0.1, 0.15) is 18.9 Å². The van der Waals surface area contributed by atoms with Gasteiger partial charge in [0, 0.05) is 26.3 Å². The molecule has 1 aromatic rings. The Morgan fingerprint density at radius 1 is 1.35 bits per heavy atom. The third-order valence-electron chi connectivity index (χ3n) is 4.02. The fraction of sp³-hybridized carbons (Fsp3) is 0.529. The van der Waals surface area contributed by atoms with E-state index in [2.05, 4.69) is 10.1 Å². The summed E-state index contributed by atoms with van der Waals surface area (Å²) in [5.41, 5.74) is 1.40. The number of hydrogen-bond acceptors (Lipinski definition) is 4. The highest BCUT2D eigenvalue weighted by atomic mass is 19.4. The number of ether oxygens (including phenoxy) is 1. The smallest absolute Gasteiger partial charge is 0.406 e. The molecule has 0 spiro atoms. The third-order valence-corrected chi connectivity index (χ3v) is 4.02. The number of likely N-dealkylation sites (N-methyl/N-ethyl adjacent to an activating group) is 1. The van der Waals surface area contributed by atoms with Crippen molar-refractivity contribution in [3.8, 4) is 5.75 Å². The molecule has 6 nitrogen and oxygen atoms in total. The van der Waals surface area contributed by atoms with Crippen LogP contribution in [0, 0.1) is 0 Å². The lowest BCUT2D eigenvalue weighted by Gasteiger charge is -2.31. The fourth-order valence-corrected chi connectivity index (χ4v) is 2.92. The van der Waals surface area contributed by atoms with Crippen molar-refractivity contribution in [3.05, 3.63) is 23.8 Å². The molecule has 0 fully saturated rings. The van der Waals surface area contributed by atoms with Crippen LogP contribution in [-0.2, 0) is 16.0 Å². The number of nitrogens with one attached hydrogen (secondary N) is 1. The van der Waals surface area contributed by atoms with E-state index >= 15 is 0 Å². The van der Waals surface area contributed by atoms with Crippen LogP contribution in [0.2, 0.25) is 0 Å². The molecule has 2 rings (SSSR count). The van der Waals surface area contributed by atoms with Crippen LogP contribution in [0.4, 0.5) is 18.9 Å². The molecule has 26 heavy (non-hydrogen) atoms. The van der Waals surface area contributed by atoms with Gasteiger partial charge >= 0.3 is 6.36 Å². The molecule has 1 heterocycles. The molecule has 0 aliphatic carbocycles. The summed E-state index contributed by atoms with van der Waals surface area (Å²) in [6, 6.07) is 3.47. The van der Waals surface area contributed by atoms with E-state index in [4.69, 9.17) is 0 Å². The van der Waals surface area contributed by atoms with Gasteiger partial charge in [-0.2, -0.15) is 0 Å². The number of amides is 2. The van der Waals surface area contributed by atoms with Crippen LogP contribution in [0.25, 0.3) is 0 Å². The number of benzene rings is 1. The van der Waals surface area contributed by atoms with Gasteiger partial charge in [0.05, 0.1) is 6.54 Å². The number of carbonyl (C=O) groups is 2. The summed E-state index contributed by atoms with van der Waals surface area (Å²) in [5.74, 6) is -0.810. The SMILES string of the molecule is CC(NC(=O)CN1CCCc2cc(OC(F)(F)F)ccc21)C(=O)N(C)C. The Morgan fingerprint density at radius 3 is 2.65 bits per heavy atom. The summed E-state index contributed by atoms with van der Waals surface area (Å²) in [6.45, 7) is 2.23. The number of halogens is 3. The first-order valence-electron chi connectivity index (χ1n) is 8.21. The summed E-state index contributed by atoms with van der Waals surface area (Å²) in [7, 11) is 3.21. The molecular formula is C17H22F3N3O3. The molecule has 0 aromatic heterocycles. The van der Waals surface area contributed by atoms with Crippen LogP contribution in [0.15, 0.2) is 18.2 Å². The number of carbonyl (C=O) groups excluding carboxylic acids is 2. The fourth-order valence-electron chi connectivity index (χ4n) is 2.92. The summed E-state index contributed by atoms with van der Waals surface area (Å²) in [6.07, 6.45) is -3.42. The molecule has 2 amide bonds. The molecule has 1 N–H and O–H groups in total. The minimum atomic E-state index is -4.74. The van der Waals surface area contributed by atoms with Crippen molar-refractivity contribution in [3.63, 3.8) is 0 Å². The van der Waals surface area contributed by atoms with Crippen LogP contribution in [-0.4, -0.2) is 56.3 Å². The number of aryl methyl sites for hydroxylation is 1. The lowest BCUT2D eigenvalue weighted by atomic mass is 10.0. The first-order chi connectivity index (χ1) is 12.1. The lowest BCUT2D eigenvalue weighted by molar-refractivity contribution is -0.274. The van der Waals surface area contributed by atoms with Crippen LogP contribution in [0.3, 0.4) is 0 Å². The van der Waals surface area contributed by atoms with E-state index in [0.29, 0.717) is 30.6 Å². The van der Waals surface area contributed by atoms with Gasteiger partial charge in [-0.15, -0.1) is 13.2 Å². The van der Waals surface area contributed by atoms with E-state index in [-0.39, 0.29) is 24.1 Å². The van der Waals surface area contributed by atoms with Crippen molar-refractivity contribution in [2.24, 2.45) is 0 Å². The number of alkyl halides is 3. The summed E-state index contributed by atoms with van der Waals surface area (Å²) < 4.78 is 41.0. The first-order valence-corrected chi connectivity index (χ1v) is 8.21. The van der Waals surface area contributed by atoms with E-state index in [1.165, 1.54) is 23.1 Å². The van der Waals surface area contributed by atoms with Gasteiger partial charge in [-0.3, -0.25) is 9.59 Å². The number of rotatable bonds is 5. The van der Waals surface area contributed by atoms with Crippen molar-refractivity contribution >= 4 is 17.5 Å². The molecule has 0 radical (unpaired) electrons. The number of nitrogens with zero attached hydrogens (tertiary/aromatic N) is 2. The number of anilines is 1. The van der Waals surface area contributed by atoms with E-state index in [9.17, 15) is 22.8 Å². The Hall–Kier alpha value is -2.45. The van der Waals surface area contributed by atoms with E-state index in [1.54, 1.807) is 25.9 Å². The molecule has 0 bridgehead atoms. The van der Waals surface area contributed by atoms with Gasteiger partial charge in [0.1, 0.15) is 11.8 Å². The quantitative estimate of drug-likeness (QED) is 0.857. The van der Waals surface area contributed by atoms with Gasteiger partial charge in [-0.05, 0) is 43.5 Å². The van der Waals surface area contributed by atoms with Gasteiger partial charge < -0.3 is 19.9 Å². The molecule has 1 aromatic carbocycles. The van der Waals surface area contributed by atoms with Crippen molar-refractivity contribution in [2.45, 2.75) is 32.2 Å². The second kappa shape index (κ2) is 7.84. The van der Waals surface area contributed by atoms with Crippen LogP contribution >= 0.6 is 0 Å². The average Bonchev–Trinajstić information content (AvgIpc) is 2.52. The first kappa shape index (κ1) is 19.9. The molecule has 9 heteroatoms. The zero-order valence-corrected chi connectivity index (χ0v) is 14.9. The number of hydrogen-bond donors (Lipinski definition) is 1. The largest absolute Gasteiger partial charge is 0.573 e. The topological polar surface area (TPSA) is 61.9 Å². The van der Waals surface area contributed by atoms with Crippen LogP contribution in [0.5, 0.6) is 5.75 Å². The summed E-state index contributed by atoms with van der Waals surface area (Å²) in [4.78, 5) is 27.2. The number of fused-ring (bicyclic) bond motifs is 1. The van der Waals surface area contributed by atoms with Gasteiger partial charge in [0.25, 0.3) is 0 Å². The predicted octanol–water partition coefficient (Wildman–Crippen LogP) is 1.93. The van der Waals surface area contributed by atoms with E-state index < -0.39 is 12.4 Å². The predicted molar refractivity (Wildman–Crippen MR) is 90.0 cm³/mol. The standard InChI is InChI=1S/C17H22F3N3O3/c1-11(16(25)22(2)3)21-15(24)10-23-8-4-5-12-9-13(6-7-14(12)23)26-17(18,19)20/h6-7,9,11H,4-5,8,10H2,1-3H3,(H,21,24). The molecule has 144 valence electrons. The van der Waals surface area contributed by atoms with Gasteiger partial charge in [0.2, 0.25) is 11.8 Å². The molecule has 1 unspecified atom stereocenters. The lowest BCUT2D eigenvalue weighted by Crippen LogP contribution is -2.48. The van der Waals surface area contributed by atoms with Gasteiger partial charge in [-0.1, -0.05) is 0 Å². The second-order valence-corrected chi connectivity index (χ2v) is 6.39. The zero-order valence-electron chi connectivity index (χ0n) is 14.9. The third kappa shape index (κ3) is 5.27. The van der Waals surface area contributed by atoms with Crippen molar-refractivity contribution in [1.29, 1.82) is 0 Å².